The molecule has 0 aliphatic carbocycles. The lowest BCUT2D eigenvalue weighted by molar-refractivity contribution is -0.114. The quantitative estimate of drug-likeness (QED) is 0.211. The monoisotopic (exact) mass is 627 g/mol. The first-order valence-electron chi connectivity index (χ1n) is 12.9. The van der Waals surface area contributed by atoms with Crippen LogP contribution in [-0.2, 0) is 24.8 Å². The van der Waals surface area contributed by atoms with Crippen LogP contribution in [0, 0.1) is 13.8 Å². The summed E-state index contributed by atoms with van der Waals surface area (Å²) in [6.07, 6.45) is 0. The number of hydrogen-bond acceptors (Lipinski definition) is 6. The third-order valence-corrected chi connectivity index (χ3v) is 9.87. The van der Waals surface area contributed by atoms with Gasteiger partial charge in [0, 0.05) is 10.7 Å². The van der Waals surface area contributed by atoms with Gasteiger partial charge in [0.2, 0.25) is 5.91 Å². The van der Waals surface area contributed by atoms with Crippen molar-refractivity contribution in [1.29, 1.82) is 0 Å². The van der Waals surface area contributed by atoms with Gasteiger partial charge in [0.15, 0.2) is 0 Å². The van der Waals surface area contributed by atoms with Crippen LogP contribution in [0.15, 0.2) is 101 Å². The summed E-state index contributed by atoms with van der Waals surface area (Å²) >= 11 is 6.10. The number of nitrogens with one attached hydrogen (secondary N) is 2. The summed E-state index contributed by atoms with van der Waals surface area (Å²) in [7, 11) is -8.04. The van der Waals surface area contributed by atoms with Crippen LogP contribution in [0.25, 0.3) is 0 Å². The van der Waals surface area contributed by atoms with Crippen molar-refractivity contribution in [3.8, 4) is 5.75 Å². The Morgan fingerprint density at radius 3 is 2.07 bits per heavy atom. The molecule has 0 unspecified atom stereocenters. The number of hydrogen-bond donors (Lipinski definition) is 2. The number of amides is 1. The maximum atomic E-state index is 13.6. The van der Waals surface area contributed by atoms with Crippen LogP contribution >= 0.6 is 11.6 Å². The second kappa shape index (κ2) is 12.8. The average molecular weight is 628 g/mol. The summed E-state index contributed by atoms with van der Waals surface area (Å²) in [4.78, 5) is 13.1. The topological polar surface area (TPSA) is 122 Å². The van der Waals surface area contributed by atoms with Gasteiger partial charge in [-0.1, -0.05) is 35.4 Å². The highest BCUT2D eigenvalue weighted by molar-refractivity contribution is 7.93. The Morgan fingerprint density at radius 2 is 1.45 bits per heavy atom. The van der Waals surface area contributed by atoms with Gasteiger partial charge in [-0.05, 0) is 99.1 Å². The molecular weight excluding hydrogens is 598 g/mol. The van der Waals surface area contributed by atoms with E-state index in [1.54, 1.807) is 61.5 Å². The SMILES string of the molecule is CCOc1ccc(N(CC(=O)Nc2ccc(S(=O)(=O)Nc3cccc(Cl)c3C)cc2)S(=O)(=O)c2ccc(C)cc2)cc1. The minimum absolute atomic E-state index is 0.0298. The fourth-order valence-corrected chi connectivity index (χ4v) is 6.72. The van der Waals surface area contributed by atoms with Gasteiger partial charge in [-0.15, -0.1) is 0 Å². The smallest absolute Gasteiger partial charge is 0.264 e. The lowest BCUT2D eigenvalue weighted by Gasteiger charge is -2.24. The number of carbonyl (C=O) groups is 1. The second-order valence-electron chi connectivity index (χ2n) is 9.34. The van der Waals surface area contributed by atoms with E-state index in [0.717, 1.165) is 9.87 Å². The average Bonchev–Trinajstić information content (AvgIpc) is 2.95. The number of ether oxygens (including phenoxy) is 1. The van der Waals surface area contributed by atoms with Crippen molar-refractivity contribution in [2.75, 3.05) is 27.5 Å². The minimum Gasteiger partial charge on any atom is -0.494 e. The van der Waals surface area contributed by atoms with Crippen LogP contribution in [0.5, 0.6) is 5.75 Å². The lowest BCUT2D eigenvalue weighted by atomic mass is 10.2. The molecule has 0 fully saturated rings. The molecule has 0 heterocycles. The maximum Gasteiger partial charge on any atom is 0.264 e. The van der Waals surface area contributed by atoms with Crippen molar-refractivity contribution < 1.29 is 26.4 Å². The Kier molecular flexibility index (Phi) is 9.45. The van der Waals surface area contributed by atoms with Gasteiger partial charge < -0.3 is 10.1 Å². The van der Waals surface area contributed by atoms with Crippen LogP contribution in [-0.4, -0.2) is 35.9 Å². The van der Waals surface area contributed by atoms with Crippen molar-refractivity contribution in [1.82, 2.24) is 0 Å². The lowest BCUT2D eigenvalue weighted by Crippen LogP contribution is -2.38. The number of aryl methyl sites for hydroxylation is 1. The van der Waals surface area contributed by atoms with Gasteiger partial charge in [0.05, 0.1) is 27.8 Å². The number of sulfonamides is 2. The molecule has 0 aliphatic heterocycles. The molecule has 12 heteroatoms. The molecule has 2 N–H and O–H groups in total. The first-order chi connectivity index (χ1) is 19.9. The van der Waals surface area contributed by atoms with Crippen molar-refractivity contribution in [3.63, 3.8) is 0 Å². The zero-order valence-electron chi connectivity index (χ0n) is 23.2. The number of halogens is 1. The van der Waals surface area contributed by atoms with E-state index in [0.29, 0.717) is 28.6 Å². The van der Waals surface area contributed by atoms with E-state index in [2.05, 4.69) is 10.0 Å². The predicted octanol–water partition coefficient (Wildman–Crippen LogP) is 5.99. The largest absolute Gasteiger partial charge is 0.494 e. The van der Waals surface area contributed by atoms with E-state index in [4.69, 9.17) is 16.3 Å². The molecule has 220 valence electrons. The Balaban J connectivity index is 1.54. The molecule has 0 spiro atoms. The number of carbonyl (C=O) groups excluding carboxylic acids is 1. The molecule has 0 bridgehead atoms. The normalized spacial score (nSPS) is 11.5. The van der Waals surface area contributed by atoms with E-state index in [1.807, 2.05) is 13.8 Å². The summed E-state index contributed by atoms with van der Waals surface area (Å²) in [5, 5.41) is 3.08. The highest BCUT2D eigenvalue weighted by atomic mass is 35.5. The van der Waals surface area contributed by atoms with Gasteiger partial charge >= 0.3 is 0 Å². The second-order valence-corrected chi connectivity index (χ2v) is 13.3. The van der Waals surface area contributed by atoms with Gasteiger partial charge in [-0.3, -0.25) is 13.8 Å². The molecule has 4 aromatic rings. The maximum absolute atomic E-state index is 13.6. The molecule has 0 aliphatic rings. The van der Waals surface area contributed by atoms with Crippen LogP contribution in [0.4, 0.5) is 17.1 Å². The van der Waals surface area contributed by atoms with E-state index in [1.165, 1.54) is 36.4 Å². The molecular formula is C30H30ClN3O6S2. The molecule has 4 aromatic carbocycles. The van der Waals surface area contributed by atoms with Gasteiger partial charge in [-0.25, -0.2) is 16.8 Å². The summed E-state index contributed by atoms with van der Waals surface area (Å²) < 4.78 is 62.1. The van der Waals surface area contributed by atoms with Crippen molar-refractivity contribution in [3.05, 3.63) is 107 Å². The number of rotatable bonds is 11. The van der Waals surface area contributed by atoms with Crippen molar-refractivity contribution in [2.24, 2.45) is 0 Å². The summed E-state index contributed by atoms with van der Waals surface area (Å²) in [6.45, 7) is 5.31. The first kappa shape index (κ1) is 30.9. The first-order valence-corrected chi connectivity index (χ1v) is 16.2. The predicted molar refractivity (Wildman–Crippen MR) is 165 cm³/mol. The molecule has 4 rings (SSSR count). The third kappa shape index (κ3) is 7.22. The van der Waals surface area contributed by atoms with E-state index in [9.17, 15) is 21.6 Å². The molecule has 9 nitrogen and oxygen atoms in total. The Morgan fingerprint density at radius 1 is 0.833 bits per heavy atom. The molecule has 1 amide bonds. The van der Waals surface area contributed by atoms with Crippen LogP contribution in [0.3, 0.4) is 0 Å². The molecule has 0 saturated heterocycles. The highest BCUT2D eigenvalue weighted by Gasteiger charge is 2.27. The third-order valence-electron chi connectivity index (χ3n) is 6.29. The summed E-state index contributed by atoms with van der Waals surface area (Å²) in [5.74, 6) is -0.0590. The van der Waals surface area contributed by atoms with Crippen LogP contribution in [0.1, 0.15) is 18.1 Å². The molecule has 42 heavy (non-hydrogen) atoms. The number of benzene rings is 4. The van der Waals surface area contributed by atoms with Crippen LogP contribution in [0.2, 0.25) is 5.02 Å². The fourth-order valence-electron chi connectivity index (χ4n) is 4.00. The van der Waals surface area contributed by atoms with Crippen molar-refractivity contribution >= 4 is 54.6 Å². The summed E-state index contributed by atoms with van der Waals surface area (Å²) in [5.41, 5.74) is 2.39. The van der Waals surface area contributed by atoms with E-state index in [-0.39, 0.29) is 21.2 Å². The molecule has 0 saturated carbocycles. The number of nitrogens with zero attached hydrogens (tertiary/aromatic N) is 1. The Hall–Kier alpha value is -4.06. The zero-order valence-corrected chi connectivity index (χ0v) is 25.6. The molecule has 0 aromatic heterocycles. The standard InChI is InChI=1S/C30H30ClN3O6S2/c1-4-40-25-14-12-24(13-15-25)34(42(38,39)27-16-8-21(2)9-17-27)20-30(35)32-23-10-18-26(19-11-23)41(36,37)33-29-7-5-6-28(31)22(29)3/h5-19,33H,4,20H2,1-3H3,(H,32,35). The van der Waals surface area contributed by atoms with Crippen molar-refractivity contribution in [2.45, 2.75) is 30.6 Å². The molecule has 0 radical (unpaired) electrons. The van der Waals surface area contributed by atoms with E-state index < -0.39 is 32.5 Å². The minimum atomic E-state index is -4.11. The molecule has 0 atom stereocenters. The van der Waals surface area contributed by atoms with Gasteiger partial charge in [0.1, 0.15) is 12.3 Å². The Bertz CT molecular complexity index is 1780. The summed E-state index contributed by atoms with van der Waals surface area (Å²) in [6, 6.07) is 23.2. The van der Waals surface area contributed by atoms with Crippen LogP contribution < -0.4 is 19.1 Å². The Labute approximate surface area is 251 Å². The van der Waals surface area contributed by atoms with Gasteiger partial charge in [0.25, 0.3) is 20.0 Å². The van der Waals surface area contributed by atoms with E-state index >= 15 is 0 Å². The fraction of sp³-hybridized carbons (Fsp3) is 0.167. The highest BCUT2D eigenvalue weighted by Crippen LogP contribution is 2.28. The van der Waals surface area contributed by atoms with Gasteiger partial charge in [-0.2, -0.15) is 0 Å². The zero-order chi connectivity index (χ0) is 30.5. The number of anilines is 3.